The van der Waals surface area contributed by atoms with Crippen LogP contribution in [0.2, 0.25) is 0 Å². The van der Waals surface area contributed by atoms with Crippen molar-refractivity contribution in [2.24, 2.45) is 0 Å². The van der Waals surface area contributed by atoms with Crippen molar-refractivity contribution in [2.45, 2.75) is 31.6 Å². The maximum absolute atomic E-state index is 11.9. The molecule has 0 aliphatic carbocycles. The molecule has 0 radical (unpaired) electrons. The Morgan fingerprint density at radius 3 is 2.45 bits per heavy atom. The largest absolute Gasteiger partial charge is 0.496 e. The molecule has 7 nitrogen and oxygen atoms in total. The zero-order valence-electron chi connectivity index (χ0n) is 19.9. The standard InChI is InChI=1S/C26H36N4O3/c1-27-16-18-28(19-17-27)13-5-6-21-9-10-24(25(20-21)30(31)32)29-14-11-22(12-15-29)23-7-3-4-8-26(23)33-2/h3-4,7-10,20,22H,5-6,11-19H2,1-2H3. The lowest BCUT2D eigenvalue weighted by Gasteiger charge is -2.34. The highest BCUT2D eigenvalue weighted by molar-refractivity contribution is 5.64. The number of ether oxygens (including phenoxy) is 1. The summed E-state index contributed by atoms with van der Waals surface area (Å²) in [6.07, 6.45) is 3.84. The average molecular weight is 453 g/mol. The minimum absolute atomic E-state index is 0.217. The molecule has 4 rings (SSSR count). The molecular weight excluding hydrogens is 416 g/mol. The van der Waals surface area contributed by atoms with Gasteiger partial charge in [0.05, 0.1) is 12.0 Å². The Hall–Kier alpha value is -2.64. The Morgan fingerprint density at radius 2 is 1.76 bits per heavy atom. The zero-order chi connectivity index (χ0) is 23.2. The Kier molecular flexibility index (Phi) is 7.83. The summed E-state index contributed by atoms with van der Waals surface area (Å²) in [7, 11) is 3.88. The second-order valence-electron chi connectivity index (χ2n) is 9.33. The molecule has 2 aliphatic rings. The topological polar surface area (TPSA) is 62.1 Å². The number of likely N-dealkylation sites (N-methyl/N-ethyl adjacent to an activating group) is 1. The van der Waals surface area contributed by atoms with Crippen LogP contribution >= 0.6 is 0 Å². The van der Waals surface area contributed by atoms with Gasteiger partial charge in [-0.2, -0.15) is 0 Å². The van der Waals surface area contributed by atoms with Crippen molar-refractivity contribution in [2.75, 3.05) is 64.9 Å². The first-order valence-electron chi connectivity index (χ1n) is 12.1. The minimum Gasteiger partial charge on any atom is -0.496 e. The third-order valence-corrected chi connectivity index (χ3v) is 7.19. The monoisotopic (exact) mass is 452 g/mol. The average Bonchev–Trinajstić information content (AvgIpc) is 2.85. The number of nitro groups is 1. The smallest absolute Gasteiger partial charge is 0.292 e. The number of piperazine rings is 1. The number of methoxy groups -OCH3 is 1. The van der Waals surface area contributed by atoms with Crippen molar-refractivity contribution in [3.63, 3.8) is 0 Å². The summed E-state index contributed by atoms with van der Waals surface area (Å²) in [5.74, 6) is 1.35. The van der Waals surface area contributed by atoms with E-state index in [1.165, 1.54) is 5.56 Å². The second kappa shape index (κ2) is 11.0. The Morgan fingerprint density at radius 1 is 1.03 bits per heavy atom. The molecule has 0 saturated carbocycles. The van der Waals surface area contributed by atoms with Crippen LogP contribution in [0.3, 0.4) is 0 Å². The van der Waals surface area contributed by atoms with Crippen molar-refractivity contribution in [1.82, 2.24) is 9.80 Å². The minimum atomic E-state index is -0.217. The van der Waals surface area contributed by atoms with E-state index in [9.17, 15) is 10.1 Å². The van der Waals surface area contributed by atoms with Crippen molar-refractivity contribution < 1.29 is 9.66 Å². The molecule has 0 unspecified atom stereocenters. The van der Waals surface area contributed by atoms with Crippen LogP contribution < -0.4 is 9.64 Å². The highest BCUT2D eigenvalue weighted by atomic mass is 16.6. The highest BCUT2D eigenvalue weighted by Crippen LogP contribution is 2.38. The van der Waals surface area contributed by atoms with Gasteiger partial charge in [-0.05, 0) is 68.5 Å². The van der Waals surface area contributed by atoms with Crippen LogP contribution in [0.15, 0.2) is 42.5 Å². The first kappa shape index (κ1) is 23.5. The van der Waals surface area contributed by atoms with E-state index < -0.39 is 0 Å². The van der Waals surface area contributed by atoms with E-state index in [0.29, 0.717) is 5.92 Å². The van der Waals surface area contributed by atoms with Crippen molar-refractivity contribution in [1.29, 1.82) is 0 Å². The van der Waals surface area contributed by atoms with Gasteiger partial charge in [0.15, 0.2) is 0 Å². The summed E-state index contributed by atoms with van der Waals surface area (Å²) >= 11 is 0. The van der Waals surface area contributed by atoms with Gasteiger partial charge in [-0.1, -0.05) is 24.3 Å². The van der Waals surface area contributed by atoms with Gasteiger partial charge < -0.3 is 19.4 Å². The molecule has 2 aromatic rings. The number of piperidine rings is 1. The number of nitro benzene ring substituents is 1. The molecule has 0 aromatic heterocycles. The summed E-state index contributed by atoms with van der Waals surface area (Å²) in [6.45, 7) is 7.14. The summed E-state index contributed by atoms with van der Waals surface area (Å²) in [5.41, 5.74) is 3.29. The zero-order valence-corrected chi connectivity index (χ0v) is 19.9. The normalized spacial score (nSPS) is 18.4. The fourth-order valence-corrected chi connectivity index (χ4v) is 5.15. The van der Waals surface area contributed by atoms with Gasteiger partial charge in [-0.3, -0.25) is 10.1 Å². The molecule has 178 valence electrons. The van der Waals surface area contributed by atoms with Gasteiger partial charge in [0, 0.05) is 45.3 Å². The van der Waals surface area contributed by atoms with Crippen LogP contribution in [-0.2, 0) is 6.42 Å². The van der Waals surface area contributed by atoms with Gasteiger partial charge in [0.25, 0.3) is 5.69 Å². The summed E-state index contributed by atoms with van der Waals surface area (Å²) in [5, 5.41) is 11.9. The van der Waals surface area contributed by atoms with Gasteiger partial charge in [-0.25, -0.2) is 0 Å². The van der Waals surface area contributed by atoms with Gasteiger partial charge >= 0.3 is 0 Å². The predicted octanol–water partition coefficient (Wildman–Crippen LogP) is 4.17. The van der Waals surface area contributed by atoms with Crippen LogP contribution in [0, 0.1) is 10.1 Å². The molecule has 0 amide bonds. The number of nitrogens with zero attached hydrogens (tertiary/aromatic N) is 4. The van der Waals surface area contributed by atoms with Crippen LogP contribution in [0.4, 0.5) is 11.4 Å². The van der Waals surface area contributed by atoms with Crippen LogP contribution in [0.5, 0.6) is 5.75 Å². The Bertz CT molecular complexity index is 935. The molecule has 0 N–H and O–H groups in total. The Labute approximate surface area is 197 Å². The highest BCUT2D eigenvalue weighted by Gasteiger charge is 2.27. The van der Waals surface area contributed by atoms with Gasteiger partial charge in [0.1, 0.15) is 11.4 Å². The van der Waals surface area contributed by atoms with E-state index in [0.717, 1.165) is 88.5 Å². The molecule has 0 bridgehead atoms. The quantitative estimate of drug-likeness (QED) is 0.443. The maximum Gasteiger partial charge on any atom is 0.292 e. The molecule has 2 aromatic carbocycles. The lowest BCUT2D eigenvalue weighted by atomic mass is 9.88. The molecule has 7 heteroatoms. The lowest BCUT2D eigenvalue weighted by Crippen LogP contribution is -2.44. The maximum atomic E-state index is 11.9. The van der Waals surface area contributed by atoms with E-state index in [1.54, 1.807) is 13.2 Å². The lowest BCUT2D eigenvalue weighted by molar-refractivity contribution is -0.384. The summed E-state index contributed by atoms with van der Waals surface area (Å²) < 4.78 is 5.54. The molecule has 2 aliphatic heterocycles. The molecule has 2 saturated heterocycles. The molecule has 0 atom stereocenters. The fraction of sp³-hybridized carbons (Fsp3) is 0.538. The number of rotatable bonds is 8. The van der Waals surface area contributed by atoms with E-state index in [2.05, 4.69) is 39.9 Å². The van der Waals surface area contributed by atoms with E-state index in [1.807, 2.05) is 18.2 Å². The number of benzene rings is 2. The summed E-state index contributed by atoms with van der Waals surface area (Å²) in [6, 6.07) is 14.0. The SMILES string of the molecule is COc1ccccc1C1CCN(c2ccc(CCCN3CCN(C)CC3)cc2[N+](=O)[O-])CC1. The van der Waals surface area contributed by atoms with Crippen molar-refractivity contribution >= 4 is 11.4 Å². The number of anilines is 1. The first-order valence-corrected chi connectivity index (χ1v) is 12.1. The third-order valence-electron chi connectivity index (χ3n) is 7.19. The second-order valence-corrected chi connectivity index (χ2v) is 9.33. The van der Waals surface area contributed by atoms with Crippen LogP contribution in [-0.4, -0.2) is 74.7 Å². The molecule has 2 heterocycles. The molecule has 0 spiro atoms. The predicted molar refractivity (Wildman–Crippen MR) is 133 cm³/mol. The molecule has 33 heavy (non-hydrogen) atoms. The van der Waals surface area contributed by atoms with Crippen LogP contribution in [0.25, 0.3) is 0 Å². The number of hydrogen-bond donors (Lipinski definition) is 0. The van der Waals surface area contributed by atoms with Gasteiger partial charge in [0.2, 0.25) is 0 Å². The van der Waals surface area contributed by atoms with E-state index in [-0.39, 0.29) is 10.6 Å². The number of para-hydroxylation sites is 1. The number of aryl methyl sites for hydroxylation is 1. The third kappa shape index (κ3) is 5.84. The van der Waals surface area contributed by atoms with E-state index in [4.69, 9.17) is 4.74 Å². The Balaban J connectivity index is 1.36. The fourth-order valence-electron chi connectivity index (χ4n) is 5.15. The summed E-state index contributed by atoms with van der Waals surface area (Å²) in [4.78, 5) is 18.7. The first-order chi connectivity index (χ1) is 16.0. The van der Waals surface area contributed by atoms with Crippen molar-refractivity contribution in [3.8, 4) is 5.75 Å². The molecule has 2 fully saturated rings. The van der Waals surface area contributed by atoms with Gasteiger partial charge in [-0.15, -0.1) is 0 Å². The van der Waals surface area contributed by atoms with Crippen molar-refractivity contribution in [3.05, 3.63) is 63.7 Å². The van der Waals surface area contributed by atoms with E-state index >= 15 is 0 Å². The molecular formula is C26H36N4O3. The number of hydrogen-bond acceptors (Lipinski definition) is 6. The van der Waals surface area contributed by atoms with Crippen LogP contribution in [0.1, 0.15) is 36.3 Å².